The van der Waals surface area contributed by atoms with Crippen molar-refractivity contribution in [3.8, 4) is 0 Å². The molecular weight excluding hydrogens is 210 g/mol. The molecular formula is C15H21NO. The van der Waals surface area contributed by atoms with Gasteiger partial charge in [0.2, 0.25) is 5.91 Å². The van der Waals surface area contributed by atoms with Crippen molar-refractivity contribution >= 4 is 5.91 Å². The quantitative estimate of drug-likeness (QED) is 0.780. The lowest BCUT2D eigenvalue weighted by Crippen LogP contribution is -2.27. The molecule has 1 aliphatic rings. The summed E-state index contributed by atoms with van der Waals surface area (Å²) in [7, 11) is 1.92. The summed E-state index contributed by atoms with van der Waals surface area (Å²) in [6.45, 7) is 2.13. The number of aryl methyl sites for hydroxylation is 1. The van der Waals surface area contributed by atoms with E-state index in [0.29, 0.717) is 11.9 Å². The lowest BCUT2D eigenvalue weighted by atomic mass is 9.97. The van der Waals surface area contributed by atoms with E-state index in [1.54, 1.807) is 0 Å². The first-order chi connectivity index (χ1) is 8.18. The fourth-order valence-electron chi connectivity index (χ4n) is 2.61. The summed E-state index contributed by atoms with van der Waals surface area (Å²) in [4.78, 5) is 13.8. The molecule has 1 aromatic rings. The van der Waals surface area contributed by atoms with Crippen molar-refractivity contribution in [2.45, 2.75) is 38.6 Å². The van der Waals surface area contributed by atoms with Gasteiger partial charge in [-0.15, -0.1) is 0 Å². The van der Waals surface area contributed by atoms with Gasteiger partial charge in [0.1, 0.15) is 0 Å². The van der Waals surface area contributed by atoms with Crippen molar-refractivity contribution in [2.24, 2.45) is 5.92 Å². The predicted octanol–water partition coefficient (Wildman–Crippen LogP) is 2.88. The van der Waals surface area contributed by atoms with Crippen LogP contribution in [0.25, 0.3) is 0 Å². The van der Waals surface area contributed by atoms with E-state index in [4.69, 9.17) is 0 Å². The van der Waals surface area contributed by atoms with Gasteiger partial charge in [0.25, 0.3) is 0 Å². The van der Waals surface area contributed by atoms with E-state index in [9.17, 15) is 4.79 Å². The lowest BCUT2D eigenvalue weighted by molar-refractivity contribution is -0.130. The summed E-state index contributed by atoms with van der Waals surface area (Å²) in [6.07, 6.45) is 4.26. The van der Waals surface area contributed by atoms with Crippen molar-refractivity contribution in [1.29, 1.82) is 0 Å². The topological polar surface area (TPSA) is 20.3 Å². The molecule has 0 bridgehead atoms. The summed E-state index contributed by atoms with van der Waals surface area (Å²) in [5.74, 6) is 0.601. The van der Waals surface area contributed by atoms with Gasteiger partial charge in [-0.1, -0.05) is 30.3 Å². The molecule has 0 aliphatic carbocycles. The Morgan fingerprint density at radius 2 is 2.00 bits per heavy atom. The van der Waals surface area contributed by atoms with Crippen LogP contribution in [0.5, 0.6) is 0 Å². The molecule has 17 heavy (non-hydrogen) atoms. The van der Waals surface area contributed by atoms with Crippen LogP contribution in [0, 0.1) is 5.92 Å². The summed E-state index contributed by atoms with van der Waals surface area (Å²) >= 11 is 0. The molecule has 0 radical (unpaired) electrons. The van der Waals surface area contributed by atoms with Crippen LogP contribution in [0.15, 0.2) is 30.3 Å². The van der Waals surface area contributed by atoms with Crippen LogP contribution in [-0.2, 0) is 11.2 Å². The standard InChI is InChI=1S/C15H21NO/c1-12-11-14(15(17)16(12)2)10-6-9-13-7-4-3-5-8-13/h3-5,7-8,12,14H,6,9-11H2,1-2H3. The number of rotatable bonds is 4. The van der Waals surface area contributed by atoms with Crippen molar-refractivity contribution in [2.75, 3.05) is 7.05 Å². The van der Waals surface area contributed by atoms with Gasteiger partial charge in [-0.05, 0) is 38.2 Å². The first kappa shape index (κ1) is 12.2. The summed E-state index contributed by atoms with van der Waals surface area (Å²) < 4.78 is 0. The molecule has 0 saturated carbocycles. The van der Waals surface area contributed by atoms with Crippen LogP contribution < -0.4 is 0 Å². The zero-order chi connectivity index (χ0) is 12.3. The Hall–Kier alpha value is -1.31. The highest BCUT2D eigenvalue weighted by molar-refractivity contribution is 5.81. The highest BCUT2D eigenvalue weighted by Gasteiger charge is 2.33. The van der Waals surface area contributed by atoms with Crippen LogP contribution in [-0.4, -0.2) is 23.9 Å². The van der Waals surface area contributed by atoms with Crippen LogP contribution in [0.1, 0.15) is 31.7 Å². The summed E-state index contributed by atoms with van der Waals surface area (Å²) in [5, 5.41) is 0. The Balaban J connectivity index is 1.78. The average molecular weight is 231 g/mol. The first-order valence-corrected chi connectivity index (χ1v) is 6.49. The third kappa shape index (κ3) is 2.87. The predicted molar refractivity (Wildman–Crippen MR) is 69.7 cm³/mol. The zero-order valence-electron chi connectivity index (χ0n) is 10.7. The third-order valence-corrected chi connectivity index (χ3v) is 3.84. The molecule has 2 nitrogen and oxygen atoms in total. The van der Waals surface area contributed by atoms with E-state index in [0.717, 1.165) is 25.7 Å². The van der Waals surface area contributed by atoms with E-state index in [-0.39, 0.29) is 5.92 Å². The second-order valence-electron chi connectivity index (χ2n) is 5.11. The van der Waals surface area contributed by atoms with E-state index in [2.05, 4.69) is 31.2 Å². The normalized spacial score (nSPS) is 24.4. The Labute approximate surface area is 104 Å². The van der Waals surface area contributed by atoms with Crippen molar-refractivity contribution in [3.63, 3.8) is 0 Å². The van der Waals surface area contributed by atoms with Gasteiger partial charge < -0.3 is 4.90 Å². The SMILES string of the molecule is CC1CC(CCCc2ccccc2)C(=O)N1C. The lowest BCUT2D eigenvalue weighted by Gasteiger charge is -2.14. The molecule has 0 aromatic heterocycles. The number of likely N-dealkylation sites (tertiary alicyclic amines) is 1. The molecule has 2 rings (SSSR count). The van der Waals surface area contributed by atoms with Gasteiger partial charge >= 0.3 is 0 Å². The molecule has 1 aromatic carbocycles. The number of carbonyl (C=O) groups excluding carboxylic acids is 1. The Morgan fingerprint density at radius 1 is 1.29 bits per heavy atom. The minimum atomic E-state index is 0.263. The molecule has 92 valence electrons. The molecule has 2 unspecified atom stereocenters. The molecule has 2 heteroatoms. The van der Waals surface area contributed by atoms with Gasteiger partial charge in [0, 0.05) is 19.0 Å². The second kappa shape index (κ2) is 5.35. The number of amides is 1. The van der Waals surface area contributed by atoms with Crippen LogP contribution >= 0.6 is 0 Å². The third-order valence-electron chi connectivity index (χ3n) is 3.84. The maximum Gasteiger partial charge on any atom is 0.225 e. The largest absolute Gasteiger partial charge is 0.343 e. The van der Waals surface area contributed by atoms with Gasteiger partial charge in [0.15, 0.2) is 0 Å². The highest BCUT2D eigenvalue weighted by Crippen LogP contribution is 2.27. The highest BCUT2D eigenvalue weighted by atomic mass is 16.2. The molecule has 2 atom stereocenters. The minimum Gasteiger partial charge on any atom is -0.343 e. The van der Waals surface area contributed by atoms with Crippen molar-refractivity contribution in [1.82, 2.24) is 4.90 Å². The van der Waals surface area contributed by atoms with Gasteiger partial charge in [-0.2, -0.15) is 0 Å². The molecule has 1 amide bonds. The monoisotopic (exact) mass is 231 g/mol. The number of benzene rings is 1. The molecule has 1 aliphatic heterocycles. The molecule has 1 saturated heterocycles. The summed E-state index contributed by atoms with van der Waals surface area (Å²) in [6, 6.07) is 10.9. The molecule has 1 fully saturated rings. The van der Waals surface area contributed by atoms with Gasteiger partial charge in [0.05, 0.1) is 0 Å². The fraction of sp³-hybridized carbons (Fsp3) is 0.533. The van der Waals surface area contributed by atoms with Crippen LogP contribution in [0.4, 0.5) is 0 Å². The number of carbonyl (C=O) groups is 1. The second-order valence-corrected chi connectivity index (χ2v) is 5.11. The van der Waals surface area contributed by atoms with Crippen molar-refractivity contribution in [3.05, 3.63) is 35.9 Å². The van der Waals surface area contributed by atoms with E-state index in [1.807, 2.05) is 18.0 Å². The number of hydrogen-bond donors (Lipinski definition) is 0. The first-order valence-electron chi connectivity index (χ1n) is 6.49. The average Bonchev–Trinajstić information content (AvgIpc) is 2.59. The van der Waals surface area contributed by atoms with Gasteiger partial charge in [-0.25, -0.2) is 0 Å². The van der Waals surface area contributed by atoms with E-state index < -0.39 is 0 Å². The smallest absolute Gasteiger partial charge is 0.225 e. The zero-order valence-corrected chi connectivity index (χ0v) is 10.7. The molecule has 1 heterocycles. The molecule has 0 N–H and O–H groups in total. The van der Waals surface area contributed by atoms with Crippen LogP contribution in [0.3, 0.4) is 0 Å². The van der Waals surface area contributed by atoms with Crippen LogP contribution in [0.2, 0.25) is 0 Å². The maximum atomic E-state index is 11.9. The number of hydrogen-bond acceptors (Lipinski definition) is 1. The Bertz CT molecular complexity index is 374. The molecule has 0 spiro atoms. The number of nitrogens with zero attached hydrogens (tertiary/aromatic N) is 1. The van der Waals surface area contributed by atoms with Crippen molar-refractivity contribution < 1.29 is 4.79 Å². The maximum absolute atomic E-state index is 11.9. The summed E-state index contributed by atoms with van der Waals surface area (Å²) in [5.41, 5.74) is 1.37. The van der Waals surface area contributed by atoms with Gasteiger partial charge in [-0.3, -0.25) is 4.79 Å². The fourth-order valence-corrected chi connectivity index (χ4v) is 2.61. The Kier molecular flexibility index (Phi) is 3.82. The Morgan fingerprint density at radius 3 is 2.59 bits per heavy atom. The minimum absolute atomic E-state index is 0.263. The van der Waals surface area contributed by atoms with E-state index >= 15 is 0 Å². The van der Waals surface area contributed by atoms with E-state index in [1.165, 1.54) is 5.56 Å².